The average molecular weight is 464 g/mol. The van der Waals surface area contributed by atoms with Crippen LogP contribution in [0, 0.1) is 6.92 Å². The van der Waals surface area contributed by atoms with Crippen LogP contribution in [0.1, 0.15) is 42.6 Å². The molecule has 0 saturated carbocycles. The summed E-state index contributed by atoms with van der Waals surface area (Å²) in [7, 11) is -3.69. The Labute approximate surface area is 188 Å². The topological polar surface area (TPSA) is 86.8 Å². The molecule has 2 amide bonds. The summed E-state index contributed by atoms with van der Waals surface area (Å²) in [5, 5.41) is 3.11. The maximum absolute atomic E-state index is 12.9. The van der Waals surface area contributed by atoms with E-state index in [1.807, 2.05) is 0 Å². The van der Waals surface area contributed by atoms with Gasteiger partial charge < -0.3 is 10.2 Å². The van der Waals surface area contributed by atoms with Crippen molar-refractivity contribution in [3.63, 3.8) is 0 Å². The molecule has 0 aliphatic carbocycles. The van der Waals surface area contributed by atoms with Crippen LogP contribution in [0.5, 0.6) is 0 Å². The van der Waals surface area contributed by atoms with E-state index in [0.29, 0.717) is 48.0 Å². The lowest BCUT2D eigenvalue weighted by Gasteiger charge is -2.20. The molecule has 0 unspecified atom stereocenters. The quantitative estimate of drug-likeness (QED) is 0.670. The lowest BCUT2D eigenvalue weighted by Crippen LogP contribution is -2.31. The van der Waals surface area contributed by atoms with Crippen molar-refractivity contribution in [2.45, 2.75) is 38.5 Å². The first-order valence-electron chi connectivity index (χ1n) is 10.2. The molecule has 31 heavy (non-hydrogen) atoms. The molecule has 1 aliphatic rings. The van der Waals surface area contributed by atoms with E-state index in [2.05, 4.69) is 5.32 Å². The first kappa shape index (κ1) is 23.2. The summed E-state index contributed by atoms with van der Waals surface area (Å²) in [6.45, 7) is 6.57. The molecule has 1 saturated heterocycles. The molecule has 0 atom stereocenters. The third-order valence-corrected chi connectivity index (χ3v) is 7.84. The van der Waals surface area contributed by atoms with Gasteiger partial charge >= 0.3 is 0 Å². The van der Waals surface area contributed by atoms with Gasteiger partial charge in [0.05, 0.1) is 15.6 Å². The van der Waals surface area contributed by atoms with Crippen molar-refractivity contribution in [2.75, 3.05) is 29.9 Å². The smallest absolute Gasteiger partial charge is 0.255 e. The molecule has 0 aromatic heterocycles. The number of hydrogen-bond acceptors (Lipinski definition) is 4. The van der Waals surface area contributed by atoms with Crippen LogP contribution in [0.4, 0.5) is 11.4 Å². The summed E-state index contributed by atoms with van der Waals surface area (Å²) >= 11 is 6.35. The van der Waals surface area contributed by atoms with E-state index in [9.17, 15) is 18.0 Å². The number of benzene rings is 2. The van der Waals surface area contributed by atoms with Crippen molar-refractivity contribution in [2.24, 2.45) is 0 Å². The van der Waals surface area contributed by atoms with Crippen molar-refractivity contribution in [3.05, 3.63) is 52.5 Å². The minimum Gasteiger partial charge on any atom is -0.322 e. The van der Waals surface area contributed by atoms with Crippen LogP contribution in [0.15, 0.2) is 41.3 Å². The number of hydrogen-bond donors (Lipinski definition) is 1. The molecule has 1 N–H and O–H groups in total. The molecule has 2 aromatic rings. The molecule has 0 bridgehead atoms. The normalized spacial score (nSPS) is 14.4. The second-order valence-corrected chi connectivity index (χ2v) is 9.65. The van der Waals surface area contributed by atoms with Crippen molar-refractivity contribution >= 4 is 44.8 Å². The number of nitrogens with zero attached hydrogens (tertiary/aromatic N) is 2. The molecule has 0 spiro atoms. The van der Waals surface area contributed by atoms with E-state index in [-0.39, 0.29) is 16.4 Å². The maximum Gasteiger partial charge on any atom is 0.255 e. The molecule has 3 rings (SSSR count). The van der Waals surface area contributed by atoms with Crippen LogP contribution < -0.4 is 10.2 Å². The number of sulfonamides is 1. The van der Waals surface area contributed by atoms with Gasteiger partial charge in [-0.2, -0.15) is 4.31 Å². The third kappa shape index (κ3) is 4.76. The van der Waals surface area contributed by atoms with Crippen LogP contribution in [-0.4, -0.2) is 44.2 Å². The van der Waals surface area contributed by atoms with E-state index < -0.39 is 15.9 Å². The first-order valence-corrected chi connectivity index (χ1v) is 12.0. The molecular formula is C22H26ClN3O4S. The molecular weight excluding hydrogens is 438 g/mol. The highest BCUT2D eigenvalue weighted by Crippen LogP contribution is 2.32. The Morgan fingerprint density at radius 3 is 2.45 bits per heavy atom. The summed E-state index contributed by atoms with van der Waals surface area (Å²) in [6, 6.07) is 9.57. The summed E-state index contributed by atoms with van der Waals surface area (Å²) < 4.78 is 27.2. The molecule has 9 heteroatoms. The van der Waals surface area contributed by atoms with Crippen LogP contribution >= 0.6 is 11.6 Å². The summed E-state index contributed by atoms with van der Waals surface area (Å²) in [6.07, 6.45) is 1.29. The Morgan fingerprint density at radius 2 is 1.87 bits per heavy atom. The number of aryl methyl sites for hydroxylation is 1. The number of carbonyl (C=O) groups excluding carboxylic acids is 2. The zero-order valence-electron chi connectivity index (χ0n) is 17.8. The van der Waals surface area contributed by atoms with Gasteiger partial charge in [0.15, 0.2) is 0 Å². The highest BCUT2D eigenvalue weighted by Gasteiger charge is 2.26. The number of halogens is 1. The van der Waals surface area contributed by atoms with Gasteiger partial charge in [0.25, 0.3) is 5.91 Å². The predicted octanol–water partition coefficient (Wildman–Crippen LogP) is 4.06. The molecule has 166 valence electrons. The highest BCUT2D eigenvalue weighted by molar-refractivity contribution is 7.89. The summed E-state index contributed by atoms with van der Waals surface area (Å²) in [4.78, 5) is 26.5. The van der Waals surface area contributed by atoms with Crippen LogP contribution in [-0.2, 0) is 14.8 Å². The zero-order valence-corrected chi connectivity index (χ0v) is 19.4. The second-order valence-electron chi connectivity index (χ2n) is 7.34. The van der Waals surface area contributed by atoms with Gasteiger partial charge in [-0.15, -0.1) is 0 Å². The fourth-order valence-electron chi connectivity index (χ4n) is 3.63. The van der Waals surface area contributed by atoms with E-state index in [1.54, 1.807) is 56.0 Å². The van der Waals surface area contributed by atoms with Crippen LogP contribution in [0.2, 0.25) is 5.02 Å². The van der Waals surface area contributed by atoms with Gasteiger partial charge in [-0.25, -0.2) is 8.42 Å². The van der Waals surface area contributed by atoms with Gasteiger partial charge in [-0.3, -0.25) is 9.59 Å². The second kappa shape index (κ2) is 9.38. The number of nitrogens with one attached hydrogen (secondary N) is 1. The molecule has 7 nitrogen and oxygen atoms in total. The minimum absolute atomic E-state index is 0.0280. The Morgan fingerprint density at radius 1 is 1.16 bits per heavy atom. The monoisotopic (exact) mass is 463 g/mol. The van der Waals surface area contributed by atoms with E-state index in [4.69, 9.17) is 11.6 Å². The van der Waals surface area contributed by atoms with Gasteiger partial charge in [0.1, 0.15) is 0 Å². The van der Waals surface area contributed by atoms with E-state index >= 15 is 0 Å². The number of rotatable bonds is 7. The van der Waals surface area contributed by atoms with Crippen LogP contribution in [0.25, 0.3) is 0 Å². The third-order valence-electron chi connectivity index (χ3n) is 5.34. The Hall–Kier alpha value is -2.42. The fraction of sp³-hybridized carbons (Fsp3) is 0.364. The summed E-state index contributed by atoms with van der Waals surface area (Å²) in [5.74, 6) is -0.419. The fourth-order valence-corrected chi connectivity index (χ4v) is 5.62. The van der Waals surface area contributed by atoms with Gasteiger partial charge in [0, 0.05) is 37.3 Å². The summed E-state index contributed by atoms with van der Waals surface area (Å²) in [5.41, 5.74) is 1.88. The van der Waals surface area contributed by atoms with Crippen molar-refractivity contribution in [3.8, 4) is 0 Å². The standard InChI is InChI=1S/C22H26ClN3O4S/c1-4-25(5-2)31(29,30)20-13-16(9-8-15(20)3)22(28)24-17-10-11-19(18(23)14-17)26-12-6-7-21(26)27/h8-11,13-14H,4-7,12H2,1-3H3,(H,24,28). The first-order chi connectivity index (χ1) is 14.7. The van der Waals surface area contributed by atoms with Gasteiger partial charge in [-0.1, -0.05) is 31.5 Å². The van der Waals surface area contributed by atoms with Crippen molar-refractivity contribution in [1.82, 2.24) is 4.31 Å². The highest BCUT2D eigenvalue weighted by atomic mass is 35.5. The van der Waals surface area contributed by atoms with Gasteiger partial charge in [0.2, 0.25) is 15.9 Å². The number of amides is 2. The molecule has 1 fully saturated rings. The van der Waals surface area contributed by atoms with Gasteiger partial charge in [-0.05, 0) is 49.2 Å². The number of anilines is 2. The molecule has 1 heterocycles. The van der Waals surface area contributed by atoms with Crippen molar-refractivity contribution < 1.29 is 18.0 Å². The molecule has 1 aliphatic heterocycles. The predicted molar refractivity (Wildman–Crippen MR) is 122 cm³/mol. The van der Waals surface area contributed by atoms with E-state index in [1.165, 1.54) is 10.4 Å². The zero-order chi connectivity index (χ0) is 22.8. The largest absolute Gasteiger partial charge is 0.322 e. The maximum atomic E-state index is 12.9. The SMILES string of the molecule is CCN(CC)S(=O)(=O)c1cc(C(=O)Nc2ccc(N3CCCC3=O)c(Cl)c2)ccc1C. The Balaban J connectivity index is 1.84. The Bertz CT molecular complexity index is 1110. The lowest BCUT2D eigenvalue weighted by atomic mass is 10.1. The lowest BCUT2D eigenvalue weighted by molar-refractivity contribution is -0.117. The average Bonchev–Trinajstić information content (AvgIpc) is 3.14. The molecule has 0 radical (unpaired) electrons. The molecule has 2 aromatic carbocycles. The Kier molecular flexibility index (Phi) is 7.03. The minimum atomic E-state index is -3.69. The van der Waals surface area contributed by atoms with Crippen LogP contribution in [0.3, 0.4) is 0 Å². The van der Waals surface area contributed by atoms with E-state index in [0.717, 1.165) is 6.42 Å². The number of carbonyl (C=O) groups is 2. The van der Waals surface area contributed by atoms with Crippen molar-refractivity contribution in [1.29, 1.82) is 0 Å².